The van der Waals surface area contributed by atoms with Crippen molar-refractivity contribution >= 4 is 33.2 Å². The van der Waals surface area contributed by atoms with Gasteiger partial charge in [-0.15, -0.1) is 0 Å². The van der Waals surface area contributed by atoms with Crippen LogP contribution in [0.1, 0.15) is 19.8 Å². The molecule has 1 aliphatic rings. The molecule has 0 atom stereocenters. The first-order valence-electron chi connectivity index (χ1n) is 10.6. The zero-order valence-corrected chi connectivity index (χ0v) is 19.6. The number of nitrogens with two attached hydrogens (primary N) is 1. The molecule has 174 valence electrons. The molecule has 4 rings (SSSR count). The molecular weight excluding hydrogens is 466 g/mol. The van der Waals surface area contributed by atoms with Crippen molar-refractivity contribution in [1.29, 1.82) is 0 Å². The molecule has 1 aromatic heterocycles. The van der Waals surface area contributed by atoms with E-state index >= 15 is 0 Å². The number of aromatic nitrogens is 1. The van der Waals surface area contributed by atoms with Gasteiger partial charge in [-0.3, -0.25) is 4.79 Å². The summed E-state index contributed by atoms with van der Waals surface area (Å²) < 4.78 is 38.4. The van der Waals surface area contributed by atoms with Crippen molar-refractivity contribution in [2.45, 2.75) is 29.7 Å². The van der Waals surface area contributed by atoms with Crippen LogP contribution in [-0.2, 0) is 14.6 Å². The standard InChI is InChI=1S/C23H24ClN3O5S/c1-2-31-18-7-3-16(4-8-18)21-26-22(33(29,30)19-9-5-17(24)6-10-19)23(32-21)27-13-11-15(12-14-27)20(25)28/h3-10,15H,2,11-14H2,1H3,(H2,25,28). The van der Waals surface area contributed by atoms with E-state index < -0.39 is 9.84 Å². The zero-order valence-electron chi connectivity index (χ0n) is 18.0. The number of rotatable bonds is 7. The van der Waals surface area contributed by atoms with E-state index in [4.69, 9.17) is 26.5 Å². The van der Waals surface area contributed by atoms with E-state index in [-0.39, 0.29) is 33.5 Å². The highest BCUT2D eigenvalue weighted by Gasteiger charge is 2.34. The first kappa shape index (κ1) is 23.1. The van der Waals surface area contributed by atoms with Gasteiger partial charge in [0.1, 0.15) is 5.75 Å². The number of carbonyl (C=O) groups is 1. The molecule has 33 heavy (non-hydrogen) atoms. The number of anilines is 1. The first-order chi connectivity index (χ1) is 15.8. The van der Waals surface area contributed by atoms with Crippen LogP contribution in [0.15, 0.2) is 62.9 Å². The maximum Gasteiger partial charge on any atom is 0.236 e. The van der Waals surface area contributed by atoms with Crippen molar-refractivity contribution in [3.63, 3.8) is 0 Å². The highest BCUT2D eigenvalue weighted by molar-refractivity contribution is 7.91. The van der Waals surface area contributed by atoms with Gasteiger partial charge in [-0.1, -0.05) is 11.6 Å². The third-order valence-corrected chi connectivity index (χ3v) is 7.47. The number of amides is 1. The molecule has 2 N–H and O–H groups in total. The van der Waals surface area contributed by atoms with E-state index in [1.54, 1.807) is 29.2 Å². The minimum absolute atomic E-state index is 0.0618. The van der Waals surface area contributed by atoms with Gasteiger partial charge in [-0.2, -0.15) is 4.98 Å². The van der Waals surface area contributed by atoms with Crippen LogP contribution in [0.3, 0.4) is 0 Å². The van der Waals surface area contributed by atoms with Gasteiger partial charge < -0.3 is 19.8 Å². The fourth-order valence-corrected chi connectivity index (χ4v) is 5.20. The Hall–Kier alpha value is -3.04. The molecule has 1 aliphatic heterocycles. The summed E-state index contributed by atoms with van der Waals surface area (Å²) in [5.74, 6) is 0.423. The van der Waals surface area contributed by atoms with Crippen molar-refractivity contribution in [2.75, 3.05) is 24.6 Å². The SMILES string of the molecule is CCOc1ccc(-c2nc(S(=O)(=O)c3ccc(Cl)cc3)c(N3CCC(C(N)=O)CC3)o2)cc1. The topological polar surface area (TPSA) is 116 Å². The molecule has 0 aliphatic carbocycles. The normalized spacial score (nSPS) is 14.9. The molecular formula is C23H24ClN3O5S. The van der Waals surface area contributed by atoms with Gasteiger partial charge >= 0.3 is 0 Å². The summed E-state index contributed by atoms with van der Waals surface area (Å²) in [4.78, 5) is 17.8. The van der Waals surface area contributed by atoms with Crippen LogP contribution in [-0.4, -0.2) is 39.0 Å². The number of ether oxygens (including phenoxy) is 1. The molecule has 2 aromatic carbocycles. The molecule has 0 spiro atoms. The molecule has 1 amide bonds. The second kappa shape index (κ2) is 9.44. The Morgan fingerprint density at radius 1 is 1.15 bits per heavy atom. The van der Waals surface area contributed by atoms with Gasteiger partial charge in [0.2, 0.25) is 32.5 Å². The molecule has 0 bridgehead atoms. The number of carbonyl (C=O) groups excluding carboxylic acids is 1. The van der Waals surface area contributed by atoms with E-state index in [1.807, 2.05) is 6.92 Å². The van der Waals surface area contributed by atoms with Crippen LogP contribution in [0.25, 0.3) is 11.5 Å². The number of piperidine rings is 1. The van der Waals surface area contributed by atoms with Crippen molar-refractivity contribution in [3.8, 4) is 17.2 Å². The summed E-state index contributed by atoms with van der Waals surface area (Å²) in [6.07, 6.45) is 1.02. The summed E-state index contributed by atoms with van der Waals surface area (Å²) in [5, 5.41) is 0.254. The fraction of sp³-hybridized carbons (Fsp3) is 0.304. The Balaban J connectivity index is 1.75. The van der Waals surface area contributed by atoms with Crippen molar-refractivity contribution in [1.82, 2.24) is 4.98 Å². The average molecular weight is 490 g/mol. The third kappa shape index (κ3) is 4.84. The Kier molecular flexibility index (Phi) is 6.62. The summed E-state index contributed by atoms with van der Waals surface area (Å²) in [6.45, 7) is 3.28. The summed E-state index contributed by atoms with van der Waals surface area (Å²) in [7, 11) is -3.99. The number of sulfone groups is 1. The monoisotopic (exact) mass is 489 g/mol. The van der Waals surface area contributed by atoms with Gasteiger partial charge in [0.25, 0.3) is 0 Å². The van der Waals surface area contributed by atoms with Crippen LogP contribution in [0.2, 0.25) is 5.02 Å². The molecule has 0 unspecified atom stereocenters. The van der Waals surface area contributed by atoms with Gasteiger partial charge in [0.05, 0.1) is 11.5 Å². The fourth-order valence-electron chi connectivity index (χ4n) is 3.75. The Labute approximate surface area is 197 Å². The highest BCUT2D eigenvalue weighted by atomic mass is 35.5. The maximum atomic E-state index is 13.5. The zero-order chi connectivity index (χ0) is 23.6. The van der Waals surface area contributed by atoms with Crippen molar-refractivity contribution in [3.05, 3.63) is 53.6 Å². The van der Waals surface area contributed by atoms with Gasteiger partial charge in [-0.05, 0) is 68.3 Å². The number of halogens is 1. The largest absolute Gasteiger partial charge is 0.494 e. The van der Waals surface area contributed by atoms with Crippen LogP contribution in [0, 0.1) is 5.92 Å². The Morgan fingerprint density at radius 2 is 1.79 bits per heavy atom. The lowest BCUT2D eigenvalue weighted by molar-refractivity contribution is -0.122. The van der Waals surface area contributed by atoms with E-state index in [9.17, 15) is 13.2 Å². The van der Waals surface area contributed by atoms with Crippen LogP contribution >= 0.6 is 11.6 Å². The molecule has 0 saturated carbocycles. The lowest BCUT2D eigenvalue weighted by Gasteiger charge is -2.30. The summed E-state index contributed by atoms with van der Waals surface area (Å²) in [5.41, 5.74) is 6.06. The van der Waals surface area contributed by atoms with E-state index in [2.05, 4.69) is 4.98 Å². The van der Waals surface area contributed by atoms with Crippen LogP contribution < -0.4 is 15.4 Å². The molecule has 0 radical (unpaired) electrons. The van der Waals surface area contributed by atoms with E-state index in [0.717, 1.165) is 0 Å². The Bertz CT molecular complexity index is 1230. The smallest absolute Gasteiger partial charge is 0.236 e. The quantitative estimate of drug-likeness (QED) is 0.534. The van der Waals surface area contributed by atoms with Crippen LogP contribution in [0.4, 0.5) is 5.88 Å². The van der Waals surface area contributed by atoms with Crippen LogP contribution in [0.5, 0.6) is 5.75 Å². The predicted octanol–water partition coefficient (Wildman–Crippen LogP) is 3.93. The number of benzene rings is 2. The van der Waals surface area contributed by atoms with E-state index in [1.165, 1.54) is 24.3 Å². The minimum atomic E-state index is -3.99. The second-order valence-corrected chi connectivity index (χ2v) is 10.0. The predicted molar refractivity (Wildman–Crippen MR) is 124 cm³/mol. The van der Waals surface area contributed by atoms with Gasteiger partial charge in [0.15, 0.2) is 0 Å². The molecule has 1 saturated heterocycles. The Morgan fingerprint density at radius 3 is 2.36 bits per heavy atom. The van der Waals surface area contributed by atoms with Gasteiger partial charge in [0, 0.05) is 29.6 Å². The maximum absolute atomic E-state index is 13.5. The van der Waals surface area contributed by atoms with Crippen molar-refractivity contribution < 1.29 is 22.4 Å². The first-order valence-corrected chi connectivity index (χ1v) is 12.4. The second-order valence-electron chi connectivity index (χ2n) is 7.71. The number of hydrogen-bond acceptors (Lipinski definition) is 7. The lowest BCUT2D eigenvalue weighted by atomic mass is 9.96. The third-order valence-electron chi connectivity index (χ3n) is 5.55. The number of oxazole rings is 1. The van der Waals surface area contributed by atoms with Crippen molar-refractivity contribution in [2.24, 2.45) is 11.7 Å². The van der Waals surface area contributed by atoms with Gasteiger partial charge in [-0.25, -0.2) is 8.42 Å². The molecule has 3 aromatic rings. The summed E-state index contributed by atoms with van der Waals surface area (Å²) in [6, 6.07) is 13.0. The number of nitrogens with zero attached hydrogens (tertiary/aromatic N) is 2. The lowest BCUT2D eigenvalue weighted by Crippen LogP contribution is -2.38. The molecule has 1 fully saturated rings. The minimum Gasteiger partial charge on any atom is -0.494 e. The number of primary amides is 1. The summed E-state index contributed by atoms with van der Waals surface area (Å²) >= 11 is 5.93. The average Bonchev–Trinajstić information content (AvgIpc) is 3.27. The molecule has 2 heterocycles. The molecule has 10 heteroatoms. The number of hydrogen-bond donors (Lipinski definition) is 1. The molecule has 8 nitrogen and oxygen atoms in total. The van der Waals surface area contributed by atoms with E-state index in [0.29, 0.717) is 48.9 Å². The highest BCUT2D eigenvalue weighted by Crippen LogP contribution is 2.37.